The summed E-state index contributed by atoms with van der Waals surface area (Å²) in [7, 11) is 3.93. The number of nitrogens with one attached hydrogen (secondary N) is 2. The molecule has 0 aliphatic heterocycles. The molecule has 1 saturated carbocycles. The van der Waals surface area contributed by atoms with Crippen LogP contribution in [0.1, 0.15) is 45.4 Å². The molecule has 5 nitrogen and oxygen atoms in total. The van der Waals surface area contributed by atoms with Gasteiger partial charge in [0, 0.05) is 26.7 Å². The van der Waals surface area contributed by atoms with Gasteiger partial charge >= 0.3 is 0 Å². The zero-order valence-electron chi connectivity index (χ0n) is 14.2. The maximum Gasteiger partial charge on any atom is 0.191 e. The molecule has 5 heteroatoms. The highest BCUT2D eigenvalue weighted by Gasteiger charge is 2.12. The van der Waals surface area contributed by atoms with Crippen LogP contribution in [0, 0.1) is 0 Å². The van der Waals surface area contributed by atoms with Crippen LogP contribution in [0.4, 0.5) is 0 Å². The van der Waals surface area contributed by atoms with Gasteiger partial charge in [0.1, 0.15) is 0 Å². The Morgan fingerprint density at radius 1 is 1.14 bits per heavy atom. The van der Waals surface area contributed by atoms with Crippen LogP contribution in [0.3, 0.4) is 0 Å². The van der Waals surface area contributed by atoms with Crippen molar-refractivity contribution in [3.8, 4) is 0 Å². The predicted octanol–water partition coefficient (Wildman–Crippen LogP) is 1.84. The summed E-state index contributed by atoms with van der Waals surface area (Å²) in [4.78, 5) is 6.50. The summed E-state index contributed by atoms with van der Waals surface area (Å²) in [5.41, 5.74) is 0. The number of aliphatic imine (C=N–C) groups is 1. The molecule has 0 spiro atoms. The molecule has 0 atom stereocenters. The Kier molecular flexibility index (Phi) is 10.3. The van der Waals surface area contributed by atoms with E-state index in [1.807, 2.05) is 7.05 Å². The second-order valence-corrected chi connectivity index (χ2v) is 5.81. The summed E-state index contributed by atoms with van der Waals surface area (Å²) in [5.74, 6) is 0.865. The van der Waals surface area contributed by atoms with Crippen LogP contribution < -0.4 is 10.6 Å². The minimum absolute atomic E-state index is 0.475. The lowest BCUT2D eigenvalue weighted by Gasteiger charge is -2.18. The van der Waals surface area contributed by atoms with Gasteiger partial charge in [0.05, 0.1) is 12.7 Å². The molecule has 0 radical (unpaired) electrons. The van der Waals surface area contributed by atoms with Crippen LogP contribution in [-0.4, -0.2) is 63.8 Å². The number of guanidine groups is 1. The van der Waals surface area contributed by atoms with Gasteiger partial charge in [0.15, 0.2) is 5.96 Å². The van der Waals surface area contributed by atoms with Crippen molar-refractivity contribution in [2.75, 3.05) is 46.9 Å². The molecule has 124 valence electrons. The van der Waals surface area contributed by atoms with E-state index < -0.39 is 0 Å². The van der Waals surface area contributed by atoms with E-state index in [4.69, 9.17) is 4.74 Å². The number of likely N-dealkylation sites (N-methyl/N-ethyl adjacent to an activating group) is 1. The molecule has 0 amide bonds. The molecule has 0 heterocycles. The Morgan fingerprint density at radius 3 is 2.43 bits per heavy atom. The first-order valence-corrected chi connectivity index (χ1v) is 8.51. The molecule has 2 N–H and O–H groups in total. The standard InChI is InChI=1S/C16H34N4O/c1-4-20(3)13-11-18-16(17-2)19-12-14-21-15-9-7-5-6-8-10-15/h15H,4-14H2,1-3H3,(H2,17,18,19). The molecule has 1 aliphatic carbocycles. The number of ether oxygens (including phenoxy) is 1. The number of nitrogens with zero attached hydrogens (tertiary/aromatic N) is 2. The van der Waals surface area contributed by atoms with Gasteiger partial charge in [-0.2, -0.15) is 0 Å². The van der Waals surface area contributed by atoms with Crippen molar-refractivity contribution in [1.82, 2.24) is 15.5 Å². The molecule has 0 aromatic carbocycles. The molecule has 0 saturated heterocycles. The molecule has 1 rings (SSSR count). The van der Waals surface area contributed by atoms with Gasteiger partial charge in [-0.25, -0.2) is 0 Å². The fraction of sp³-hybridized carbons (Fsp3) is 0.938. The van der Waals surface area contributed by atoms with E-state index in [2.05, 4.69) is 34.5 Å². The van der Waals surface area contributed by atoms with E-state index in [9.17, 15) is 0 Å². The average molecular weight is 298 g/mol. The minimum atomic E-state index is 0.475. The Hall–Kier alpha value is -0.810. The van der Waals surface area contributed by atoms with Gasteiger partial charge < -0.3 is 20.3 Å². The van der Waals surface area contributed by atoms with E-state index in [1.165, 1.54) is 38.5 Å². The third-order valence-corrected chi connectivity index (χ3v) is 4.10. The van der Waals surface area contributed by atoms with E-state index in [1.54, 1.807) is 0 Å². The summed E-state index contributed by atoms with van der Waals surface area (Å²) >= 11 is 0. The zero-order valence-corrected chi connectivity index (χ0v) is 14.2. The first-order valence-electron chi connectivity index (χ1n) is 8.51. The Balaban J connectivity index is 2.06. The second kappa shape index (κ2) is 11.8. The van der Waals surface area contributed by atoms with Crippen molar-refractivity contribution in [2.24, 2.45) is 4.99 Å². The Morgan fingerprint density at radius 2 is 1.81 bits per heavy atom. The van der Waals surface area contributed by atoms with Gasteiger partial charge in [-0.3, -0.25) is 4.99 Å². The van der Waals surface area contributed by atoms with Crippen LogP contribution in [-0.2, 0) is 4.74 Å². The van der Waals surface area contributed by atoms with E-state index >= 15 is 0 Å². The average Bonchev–Trinajstić information content (AvgIpc) is 2.78. The highest BCUT2D eigenvalue weighted by molar-refractivity contribution is 5.79. The fourth-order valence-electron chi connectivity index (χ4n) is 2.55. The summed E-state index contributed by atoms with van der Waals surface area (Å²) in [5, 5.41) is 6.64. The van der Waals surface area contributed by atoms with Crippen LogP contribution in [0.25, 0.3) is 0 Å². The largest absolute Gasteiger partial charge is 0.376 e. The smallest absolute Gasteiger partial charge is 0.191 e. The summed E-state index contributed by atoms with van der Waals surface area (Å²) < 4.78 is 5.96. The maximum absolute atomic E-state index is 5.96. The molecule has 0 aromatic rings. The van der Waals surface area contributed by atoms with Crippen molar-refractivity contribution in [3.63, 3.8) is 0 Å². The normalized spacial score (nSPS) is 17.8. The summed E-state index contributed by atoms with van der Waals surface area (Å²) in [6.07, 6.45) is 8.34. The SMILES string of the molecule is CCN(C)CCNC(=NC)NCCOC1CCCCCC1. The minimum Gasteiger partial charge on any atom is -0.376 e. The number of hydrogen-bond acceptors (Lipinski definition) is 3. The third-order valence-electron chi connectivity index (χ3n) is 4.10. The quantitative estimate of drug-likeness (QED) is 0.311. The first-order chi connectivity index (χ1) is 10.3. The molecule has 0 bridgehead atoms. The van der Waals surface area contributed by atoms with Crippen molar-refractivity contribution in [2.45, 2.75) is 51.6 Å². The van der Waals surface area contributed by atoms with Crippen LogP contribution in [0.5, 0.6) is 0 Å². The maximum atomic E-state index is 5.96. The van der Waals surface area contributed by atoms with Gasteiger partial charge in [-0.05, 0) is 26.4 Å². The van der Waals surface area contributed by atoms with Crippen molar-refractivity contribution in [3.05, 3.63) is 0 Å². The van der Waals surface area contributed by atoms with E-state index in [0.29, 0.717) is 6.10 Å². The second-order valence-electron chi connectivity index (χ2n) is 5.81. The molecular weight excluding hydrogens is 264 g/mol. The zero-order chi connectivity index (χ0) is 15.3. The van der Waals surface area contributed by atoms with Crippen molar-refractivity contribution in [1.29, 1.82) is 0 Å². The van der Waals surface area contributed by atoms with Gasteiger partial charge in [0.25, 0.3) is 0 Å². The summed E-state index contributed by atoms with van der Waals surface area (Å²) in [6, 6.07) is 0. The lowest BCUT2D eigenvalue weighted by atomic mass is 10.1. The van der Waals surface area contributed by atoms with Gasteiger partial charge in [-0.15, -0.1) is 0 Å². The Bertz CT molecular complexity index is 275. The van der Waals surface area contributed by atoms with Crippen LogP contribution in [0.2, 0.25) is 0 Å². The van der Waals surface area contributed by atoms with Crippen LogP contribution in [0.15, 0.2) is 4.99 Å². The molecule has 1 fully saturated rings. The first kappa shape index (κ1) is 18.2. The Labute approximate surface area is 130 Å². The number of rotatable bonds is 8. The number of hydrogen-bond donors (Lipinski definition) is 2. The van der Waals surface area contributed by atoms with Crippen molar-refractivity contribution >= 4 is 5.96 Å². The molecule has 21 heavy (non-hydrogen) atoms. The topological polar surface area (TPSA) is 48.9 Å². The molecule has 0 aromatic heterocycles. The van der Waals surface area contributed by atoms with E-state index in [0.717, 1.165) is 38.7 Å². The monoisotopic (exact) mass is 298 g/mol. The third kappa shape index (κ3) is 8.94. The molecular formula is C16H34N4O. The fourth-order valence-corrected chi connectivity index (χ4v) is 2.55. The molecule has 1 aliphatic rings. The van der Waals surface area contributed by atoms with Crippen molar-refractivity contribution < 1.29 is 4.74 Å². The highest BCUT2D eigenvalue weighted by atomic mass is 16.5. The lowest BCUT2D eigenvalue weighted by molar-refractivity contribution is 0.0468. The van der Waals surface area contributed by atoms with Crippen LogP contribution >= 0.6 is 0 Å². The van der Waals surface area contributed by atoms with E-state index in [-0.39, 0.29) is 0 Å². The highest BCUT2D eigenvalue weighted by Crippen LogP contribution is 2.19. The predicted molar refractivity (Wildman–Crippen MR) is 90.0 cm³/mol. The summed E-state index contributed by atoms with van der Waals surface area (Å²) in [6.45, 7) is 6.75. The lowest BCUT2D eigenvalue weighted by Crippen LogP contribution is -2.42. The van der Waals surface area contributed by atoms with Gasteiger partial charge in [0.2, 0.25) is 0 Å². The van der Waals surface area contributed by atoms with Gasteiger partial charge in [-0.1, -0.05) is 32.6 Å². The molecule has 0 unspecified atom stereocenters.